The standard InChI is InChI=1S/C19H23N3O2/c1-2-12-22(14-15-8-4-3-5-9-15)19(24)21-17-11-7-6-10-16(17)13-18(20)23/h3-11H,2,12-14H2,1H3,(H2,20,23)(H,21,24). The number of hydrogen-bond donors (Lipinski definition) is 2. The summed E-state index contributed by atoms with van der Waals surface area (Å²) >= 11 is 0. The second kappa shape index (κ2) is 8.72. The lowest BCUT2D eigenvalue weighted by Gasteiger charge is -2.23. The van der Waals surface area contributed by atoms with E-state index in [1.54, 1.807) is 17.0 Å². The lowest BCUT2D eigenvalue weighted by atomic mass is 10.1. The molecular weight excluding hydrogens is 302 g/mol. The van der Waals surface area contributed by atoms with Gasteiger partial charge in [0.1, 0.15) is 0 Å². The van der Waals surface area contributed by atoms with Crippen molar-refractivity contribution in [2.24, 2.45) is 5.73 Å². The van der Waals surface area contributed by atoms with Gasteiger partial charge in [0.25, 0.3) is 0 Å². The van der Waals surface area contributed by atoms with Crippen molar-refractivity contribution in [3.8, 4) is 0 Å². The molecule has 0 unspecified atom stereocenters. The molecule has 0 saturated carbocycles. The molecule has 0 aliphatic heterocycles. The van der Waals surface area contributed by atoms with Gasteiger partial charge in [-0.3, -0.25) is 4.79 Å². The fourth-order valence-corrected chi connectivity index (χ4v) is 2.50. The van der Waals surface area contributed by atoms with Crippen LogP contribution >= 0.6 is 0 Å². The molecule has 0 spiro atoms. The van der Waals surface area contributed by atoms with Crippen LogP contribution in [0.5, 0.6) is 0 Å². The third-order valence-electron chi connectivity index (χ3n) is 3.62. The molecule has 0 saturated heterocycles. The summed E-state index contributed by atoms with van der Waals surface area (Å²) in [5.74, 6) is -0.425. The minimum atomic E-state index is -0.425. The van der Waals surface area contributed by atoms with Crippen LogP contribution in [0.25, 0.3) is 0 Å². The van der Waals surface area contributed by atoms with Crippen LogP contribution in [-0.2, 0) is 17.8 Å². The Kier molecular flexibility index (Phi) is 6.37. The first-order valence-electron chi connectivity index (χ1n) is 8.06. The van der Waals surface area contributed by atoms with Gasteiger partial charge in [-0.25, -0.2) is 4.79 Å². The van der Waals surface area contributed by atoms with Crippen LogP contribution < -0.4 is 11.1 Å². The minimum absolute atomic E-state index is 0.100. The normalized spacial score (nSPS) is 10.2. The number of rotatable bonds is 7. The lowest BCUT2D eigenvalue weighted by molar-refractivity contribution is -0.117. The Hall–Kier alpha value is -2.82. The third-order valence-corrected chi connectivity index (χ3v) is 3.62. The Bertz CT molecular complexity index is 686. The second-order valence-corrected chi connectivity index (χ2v) is 5.64. The van der Waals surface area contributed by atoms with Crippen LogP contribution in [0.4, 0.5) is 10.5 Å². The predicted octanol–water partition coefficient (Wildman–Crippen LogP) is 3.16. The molecule has 5 nitrogen and oxygen atoms in total. The molecule has 5 heteroatoms. The second-order valence-electron chi connectivity index (χ2n) is 5.64. The van der Waals surface area contributed by atoms with Crippen LogP contribution in [0.3, 0.4) is 0 Å². The molecule has 3 N–H and O–H groups in total. The highest BCUT2D eigenvalue weighted by Crippen LogP contribution is 2.17. The Labute approximate surface area is 142 Å². The smallest absolute Gasteiger partial charge is 0.322 e. The van der Waals surface area contributed by atoms with Gasteiger partial charge in [0.2, 0.25) is 5.91 Å². The van der Waals surface area contributed by atoms with E-state index in [-0.39, 0.29) is 12.5 Å². The number of benzene rings is 2. The van der Waals surface area contributed by atoms with E-state index in [9.17, 15) is 9.59 Å². The molecule has 0 radical (unpaired) electrons. The maximum absolute atomic E-state index is 12.6. The first-order valence-corrected chi connectivity index (χ1v) is 8.06. The van der Waals surface area contributed by atoms with Crippen molar-refractivity contribution in [2.75, 3.05) is 11.9 Å². The number of primary amides is 1. The highest BCUT2D eigenvalue weighted by atomic mass is 16.2. The van der Waals surface area contributed by atoms with Gasteiger partial charge in [0, 0.05) is 18.8 Å². The van der Waals surface area contributed by atoms with Crippen molar-refractivity contribution < 1.29 is 9.59 Å². The number of para-hydroxylation sites is 1. The van der Waals surface area contributed by atoms with E-state index in [4.69, 9.17) is 5.73 Å². The Morgan fingerprint density at radius 1 is 1.04 bits per heavy atom. The van der Waals surface area contributed by atoms with Gasteiger partial charge in [0.15, 0.2) is 0 Å². The van der Waals surface area contributed by atoms with E-state index in [2.05, 4.69) is 5.32 Å². The highest BCUT2D eigenvalue weighted by molar-refractivity contribution is 5.91. The van der Waals surface area contributed by atoms with Crippen molar-refractivity contribution in [1.82, 2.24) is 4.90 Å². The number of hydrogen-bond acceptors (Lipinski definition) is 2. The molecule has 0 atom stereocenters. The SMILES string of the molecule is CCCN(Cc1ccccc1)C(=O)Nc1ccccc1CC(N)=O. The van der Waals surface area contributed by atoms with E-state index in [0.29, 0.717) is 18.8 Å². The zero-order chi connectivity index (χ0) is 17.4. The van der Waals surface area contributed by atoms with E-state index in [1.807, 2.05) is 49.4 Å². The number of urea groups is 1. The van der Waals surface area contributed by atoms with Crippen LogP contribution in [0, 0.1) is 0 Å². The number of amides is 3. The van der Waals surface area contributed by atoms with Crippen molar-refractivity contribution in [1.29, 1.82) is 0 Å². The number of carbonyl (C=O) groups excluding carboxylic acids is 2. The van der Waals surface area contributed by atoms with Gasteiger partial charge in [-0.2, -0.15) is 0 Å². The number of anilines is 1. The van der Waals surface area contributed by atoms with Crippen molar-refractivity contribution >= 4 is 17.6 Å². The molecule has 0 aromatic heterocycles. The molecule has 0 fully saturated rings. The number of nitrogens with two attached hydrogens (primary N) is 1. The van der Waals surface area contributed by atoms with E-state index < -0.39 is 5.91 Å². The molecular formula is C19H23N3O2. The molecule has 0 aliphatic carbocycles. The molecule has 0 bridgehead atoms. The van der Waals surface area contributed by atoms with Crippen molar-refractivity contribution in [3.05, 3.63) is 65.7 Å². The van der Waals surface area contributed by atoms with Crippen LogP contribution in [0.15, 0.2) is 54.6 Å². The fraction of sp³-hybridized carbons (Fsp3) is 0.263. The number of carbonyl (C=O) groups is 2. The summed E-state index contributed by atoms with van der Waals surface area (Å²) in [7, 11) is 0. The van der Waals surface area contributed by atoms with Crippen molar-refractivity contribution in [3.63, 3.8) is 0 Å². The summed E-state index contributed by atoms with van der Waals surface area (Å²) in [6, 6.07) is 16.9. The van der Waals surface area contributed by atoms with Gasteiger partial charge < -0.3 is 16.0 Å². The largest absolute Gasteiger partial charge is 0.369 e. The average Bonchev–Trinajstić information content (AvgIpc) is 2.57. The van der Waals surface area contributed by atoms with Gasteiger partial charge in [-0.15, -0.1) is 0 Å². The van der Waals surface area contributed by atoms with Crippen molar-refractivity contribution in [2.45, 2.75) is 26.3 Å². The zero-order valence-electron chi connectivity index (χ0n) is 13.9. The minimum Gasteiger partial charge on any atom is -0.369 e. The van der Waals surface area contributed by atoms with Crippen LogP contribution in [0.2, 0.25) is 0 Å². The molecule has 2 aromatic carbocycles. The van der Waals surface area contributed by atoms with Gasteiger partial charge in [0.05, 0.1) is 6.42 Å². The summed E-state index contributed by atoms with van der Waals surface area (Å²) in [5, 5.41) is 2.90. The summed E-state index contributed by atoms with van der Waals surface area (Å²) in [4.78, 5) is 25.6. The monoisotopic (exact) mass is 325 g/mol. The average molecular weight is 325 g/mol. The van der Waals surface area contributed by atoms with Crippen LogP contribution in [-0.4, -0.2) is 23.4 Å². The summed E-state index contributed by atoms with van der Waals surface area (Å²) in [6.45, 7) is 3.23. The molecule has 126 valence electrons. The van der Waals surface area contributed by atoms with E-state index in [1.165, 1.54) is 0 Å². The maximum Gasteiger partial charge on any atom is 0.322 e. The number of nitrogens with one attached hydrogen (secondary N) is 1. The third kappa shape index (κ3) is 5.12. The summed E-state index contributed by atoms with van der Waals surface area (Å²) < 4.78 is 0. The fourth-order valence-electron chi connectivity index (χ4n) is 2.50. The first-order chi connectivity index (χ1) is 11.6. The zero-order valence-corrected chi connectivity index (χ0v) is 13.9. The highest BCUT2D eigenvalue weighted by Gasteiger charge is 2.15. The molecule has 0 heterocycles. The van der Waals surface area contributed by atoms with Gasteiger partial charge in [-0.05, 0) is 23.6 Å². The molecule has 24 heavy (non-hydrogen) atoms. The Morgan fingerprint density at radius 3 is 2.38 bits per heavy atom. The molecule has 2 rings (SSSR count). The van der Waals surface area contributed by atoms with Gasteiger partial charge >= 0.3 is 6.03 Å². The Morgan fingerprint density at radius 2 is 1.71 bits per heavy atom. The summed E-state index contributed by atoms with van der Waals surface area (Å²) in [6.07, 6.45) is 0.964. The van der Waals surface area contributed by atoms with E-state index >= 15 is 0 Å². The Balaban J connectivity index is 2.12. The maximum atomic E-state index is 12.6. The summed E-state index contributed by atoms with van der Waals surface area (Å²) in [5.41, 5.74) is 7.69. The topological polar surface area (TPSA) is 75.4 Å². The molecule has 2 aromatic rings. The van der Waals surface area contributed by atoms with E-state index in [0.717, 1.165) is 17.5 Å². The van der Waals surface area contributed by atoms with Gasteiger partial charge in [-0.1, -0.05) is 55.5 Å². The molecule has 3 amide bonds. The molecule has 0 aliphatic rings. The lowest BCUT2D eigenvalue weighted by Crippen LogP contribution is -2.35. The first kappa shape index (κ1) is 17.5. The van der Waals surface area contributed by atoms with Crippen LogP contribution in [0.1, 0.15) is 24.5 Å². The quantitative estimate of drug-likeness (QED) is 0.820. The number of nitrogens with zero attached hydrogens (tertiary/aromatic N) is 1. The predicted molar refractivity (Wildman–Crippen MR) is 95.5 cm³/mol.